The Labute approximate surface area is 101 Å². The third kappa shape index (κ3) is 4.84. The molecule has 0 radical (unpaired) electrons. The van der Waals surface area contributed by atoms with Crippen LogP contribution in [0.5, 0.6) is 5.75 Å². The first-order valence-electron chi connectivity index (χ1n) is 5.16. The third-order valence-corrected chi connectivity index (χ3v) is 1.76. The molecule has 0 aliphatic heterocycles. The SMILES string of the molecule is C=C/C=C(\C=C/C)OC(=O)Oc1ccccc1. The van der Waals surface area contributed by atoms with Crippen LogP contribution in [0.4, 0.5) is 4.79 Å². The van der Waals surface area contributed by atoms with Gasteiger partial charge in [-0.05, 0) is 31.2 Å². The summed E-state index contributed by atoms with van der Waals surface area (Å²) in [7, 11) is 0. The smallest absolute Gasteiger partial charge is 0.395 e. The van der Waals surface area contributed by atoms with Crippen molar-refractivity contribution in [2.24, 2.45) is 0 Å². The van der Waals surface area contributed by atoms with Crippen molar-refractivity contribution in [2.45, 2.75) is 6.92 Å². The molecule has 0 bridgehead atoms. The second-order valence-corrected chi connectivity index (χ2v) is 3.07. The first kappa shape index (κ1) is 12.8. The summed E-state index contributed by atoms with van der Waals surface area (Å²) >= 11 is 0. The van der Waals surface area contributed by atoms with E-state index in [-0.39, 0.29) is 0 Å². The van der Waals surface area contributed by atoms with Gasteiger partial charge in [0.1, 0.15) is 11.5 Å². The molecule has 0 spiro atoms. The molecule has 0 saturated carbocycles. The molecule has 0 atom stereocenters. The largest absolute Gasteiger partial charge is 0.519 e. The van der Waals surface area contributed by atoms with Gasteiger partial charge in [-0.1, -0.05) is 36.9 Å². The van der Waals surface area contributed by atoms with Crippen LogP contribution in [0.15, 0.2) is 67.0 Å². The monoisotopic (exact) mass is 230 g/mol. The summed E-state index contributed by atoms with van der Waals surface area (Å²) in [6.07, 6.45) is 5.73. The average molecular weight is 230 g/mol. The number of para-hydroxylation sites is 1. The molecule has 0 heterocycles. The number of carbonyl (C=O) groups is 1. The molecule has 0 aromatic heterocycles. The van der Waals surface area contributed by atoms with Crippen molar-refractivity contribution < 1.29 is 14.3 Å². The highest BCUT2D eigenvalue weighted by Gasteiger charge is 2.07. The number of benzene rings is 1. The van der Waals surface area contributed by atoms with Gasteiger partial charge < -0.3 is 9.47 Å². The van der Waals surface area contributed by atoms with Crippen LogP contribution in [-0.4, -0.2) is 6.16 Å². The number of rotatable bonds is 4. The highest BCUT2D eigenvalue weighted by molar-refractivity contribution is 5.65. The van der Waals surface area contributed by atoms with E-state index in [1.807, 2.05) is 13.0 Å². The Hall–Kier alpha value is -2.29. The maximum absolute atomic E-state index is 11.4. The molecule has 17 heavy (non-hydrogen) atoms. The Morgan fingerprint density at radius 1 is 1.29 bits per heavy atom. The lowest BCUT2D eigenvalue weighted by atomic mass is 10.3. The van der Waals surface area contributed by atoms with Crippen molar-refractivity contribution in [3.63, 3.8) is 0 Å². The Morgan fingerprint density at radius 2 is 2.00 bits per heavy atom. The van der Waals surface area contributed by atoms with Crippen LogP contribution in [0.2, 0.25) is 0 Å². The normalized spacial score (nSPS) is 11.2. The van der Waals surface area contributed by atoms with Gasteiger partial charge in [-0.25, -0.2) is 4.79 Å². The highest BCUT2D eigenvalue weighted by Crippen LogP contribution is 2.11. The summed E-state index contributed by atoms with van der Waals surface area (Å²) in [6, 6.07) is 8.73. The van der Waals surface area contributed by atoms with E-state index < -0.39 is 6.16 Å². The van der Waals surface area contributed by atoms with Crippen LogP contribution < -0.4 is 4.74 Å². The fourth-order valence-electron chi connectivity index (χ4n) is 1.11. The first-order chi connectivity index (χ1) is 8.26. The minimum absolute atomic E-state index is 0.378. The van der Waals surface area contributed by atoms with E-state index >= 15 is 0 Å². The van der Waals surface area contributed by atoms with E-state index in [0.717, 1.165) is 0 Å². The lowest BCUT2D eigenvalue weighted by Gasteiger charge is -2.05. The van der Waals surface area contributed by atoms with Crippen molar-refractivity contribution >= 4 is 6.16 Å². The fraction of sp³-hybridized carbons (Fsp3) is 0.0714. The Balaban J connectivity index is 2.60. The molecule has 0 aliphatic carbocycles. The summed E-state index contributed by atoms with van der Waals surface area (Å²) in [5, 5.41) is 0. The summed E-state index contributed by atoms with van der Waals surface area (Å²) in [5.74, 6) is 0.819. The fourth-order valence-corrected chi connectivity index (χ4v) is 1.11. The van der Waals surface area contributed by atoms with Crippen molar-refractivity contribution in [1.82, 2.24) is 0 Å². The molecular weight excluding hydrogens is 216 g/mol. The first-order valence-corrected chi connectivity index (χ1v) is 5.16. The van der Waals surface area contributed by atoms with Gasteiger partial charge in [-0.2, -0.15) is 0 Å². The van der Waals surface area contributed by atoms with E-state index in [1.165, 1.54) is 6.08 Å². The molecular formula is C14H14O3. The van der Waals surface area contributed by atoms with E-state index in [2.05, 4.69) is 6.58 Å². The number of hydrogen-bond donors (Lipinski definition) is 0. The summed E-state index contributed by atoms with van der Waals surface area (Å²) in [6.45, 7) is 5.35. The predicted molar refractivity (Wildman–Crippen MR) is 66.6 cm³/mol. The molecule has 1 aromatic carbocycles. The Bertz CT molecular complexity index is 430. The van der Waals surface area contributed by atoms with Crippen LogP contribution in [0.3, 0.4) is 0 Å². The van der Waals surface area contributed by atoms with Crippen LogP contribution >= 0.6 is 0 Å². The van der Waals surface area contributed by atoms with Crippen LogP contribution in [0.1, 0.15) is 6.92 Å². The maximum Gasteiger partial charge on any atom is 0.519 e. The number of carbonyl (C=O) groups excluding carboxylic acids is 1. The number of allylic oxidation sites excluding steroid dienone is 4. The molecule has 0 fully saturated rings. The van der Waals surface area contributed by atoms with E-state index in [9.17, 15) is 4.79 Å². The highest BCUT2D eigenvalue weighted by atomic mass is 16.7. The van der Waals surface area contributed by atoms with Gasteiger partial charge in [0, 0.05) is 0 Å². The zero-order chi connectivity index (χ0) is 12.5. The van der Waals surface area contributed by atoms with Gasteiger partial charge >= 0.3 is 6.16 Å². The second kappa shape index (κ2) is 7.06. The van der Waals surface area contributed by atoms with Crippen molar-refractivity contribution in [2.75, 3.05) is 0 Å². The zero-order valence-corrected chi connectivity index (χ0v) is 9.63. The number of hydrogen-bond acceptors (Lipinski definition) is 3. The zero-order valence-electron chi connectivity index (χ0n) is 9.63. The minimum Gasteiger partial charge on any atom is -0.395 e. The summed E-state index contributed by atoms with van der Waals surface area (Å²) in [4.78, 5) is 11.4. The molecule has 0 aliphatic rings. The molecule has 88 valence electrons. The van der Waals surface area contributed by atoms with Crippen LogP contribution in [0.25, 0.3) is 0 Å². The molecule has 0 amide bonds. The Kier molecular flexibility index (Phi) is 5.31. The Morgan fingerprint density at radius 3 is 2.59 bits per heavy atom. The van der Waals surface area contributed by atoms with Gasteiger partial charge in [0.25, 0.3) is 0 Å². The molecule has 3 nitrogen and oxygen atoms in total. The summed E-state index contributed by atoms with van der Waals surface area (Å²) in [5.41, 5.74) is 0. The van der Waals surface area contributed by atoms with E-state index in [1.54, 1.807) is 42.5 Å². The van der Waals surface area contributed by atoms with Crippen LogP contribution in [0, 0.1) is 0 Å². The minimum atomic E-state index is -0.776. The third-order valence-electron chi connectivity index (χ3n) is 1.76. The lowest BCUT2D eigenvalue weighted by Crippen LogP contribution is -2.09. The van der Waals surface area contributed by atoms with Crippen molar-refractivity contribution in [1.29, 1.82) is 0 Å². The lowest BCUT2D eigenvalue weighted by molar-refractivity contribution is 0.129. The molecule has 0 unspecified atom stereocenters. The molecule has 0 N–H and O–H groups in total. The van der Waals surface area contributed by atoms with Crippen molar-refractivity contribution in [3.05, 3.63) is 67.0 Å². The predicted octanol–water partition coefficient (Wildman–Crippen LogP) is 3.85. The summed E-state index contributed by atoms with van der Waals surface area (Å²) < 4.78 is 9.94. The average Bonchev–Trinajstić information content (AvgIpc) is 2.30. The second-order valence-electron chi connectivity index (χ2n) is 3.07. The number of ether oxygens (including phenoxy) is 2. The molecule has 3 heteroatoms. The van der Waals surface area contributed by atoms with Gasteiger partial charge in [0.2, 0.25) is 0 Å². The molecule has 1 rings (SSSR count). The molecule has 1 aromatic rings. The van der Waals surface area contributed by atoms with E-state index in [4.69, 9.17) is 9.47 Å². The van der Waals surface area contributed by atoms with Crippen molar-refractivity contribution in [3.8, 4) is 5.75 Å². The maximum atomic E-state index is 11.4. The van der Waals surface area contributed by atoms with Gasteiger partial charge in [-0.15, -0.1) is 0 Å². The van der Waals surface area contributed by atoms with Gasteiger partial charge in [0.05, 0.1) is 0 Å². The van der Waals surface area contributed by atoms with Crippen LogP contribution in [-0.2, 0) is 4.74 Å². The van der Waals surface area contributed by atoms with E-state index in [0.29, 0.717) is 11.5 Å². The van der Waals surface area contributed by atoms with Gasteiger partial charge in [-0.3, -0.25) is 0 Å². The topological polar surface area (TPSA) is 35.5 Å². The quantitative estimate of drug-likeness (QED) is 0.341. The molecule has 0 saturated heterocycles. The standard InChI is InChI=1S/C14H14O3/c1-3-8-12(9-4-2)16-14(15)17-13-10-6-5-7-11-13/h3-11H,1H2,2H3/b9-4-,12-8+. The van der Waals surface area contributed by atoms with Gasteiger partial charge in [0.15, 0.2) is 0 Å².